The van der Waals surface area contributed by atoms with E-state index in [1.807, 2.05) is 40.8 Å². The molecule has 0 atom stereocenters. The molecule has 28 heavy (non-hydrogen) atoms. The Labute approximate surface area is 171 Å². The molecule has 1 amide bonds. The lowest BCUT2D eigenvalue weighted by Crippen LogP contribution is -2.45. The van der Waals surface area contributed by atoms with Gasteiger partial charge in [0.1, 0.15) is 5.69 Å². The van der Waals surface area contributed by atoms with Crippen molar-refractivity contribution in [3.8, 4) is 0 Å². The standard InChI is InChI=1S/C24H27ClN2O/c1-4-24(20-8-6-5-7-17(20)2)11-13-27(14-12-24)23(28)22-16-18-15-19(25)9-10-21(18)26(22)3/h5-10,15-16H,4,11-14H2,1-3H3. The first-order valence-corrected chi connectivity index (χ1v) is 10.4. The van der Waals surface area contributed by atoms with Crippen LogP contribution in [0.25, 0.3) is 10.9 Å². The number of hydrogen-bond donors (Lipinski definition) is 0. The number of benzene rings is 2. The molecule has 0 saturated carbocycles. The van der Waals surface area contributed by atoms with E-state index < -0.39 is 0 Å². The van der Waals surface area contributed by atoms with Crippen molar-refractivity contribution in [2.24, 2.45) is 7.05 Å². The molecule has 1 aliphatic rings. The molecule has 0 unspecified atom stereocenters. The van der Waals surface area contributed by atoms with Gasteiger partial charge >= 0.3 is 0 Å². The van der Waals surface area contributed by atoms with Crippen LogP contribution in [0, 0.1) is 6.92 Å². The van der Waals surface area contributed by atoms with Crippen LogP contribution in [-0.4, -0.2) is 28.5 Å². The molecule has 0 N–H and O–H groups in total. The molecule has 1 saturated heterocycles. The molecule has 1 aliphatic heterocycles. The Balaban J connectivity index is 1.57. The van der Waals surface area contributed by atoms with Gasteiger partial charge in [0.25, 0.3) is 5.91 Å². The van der Waals surface area contributed by atoms with E-state index in [4.69, 9.17) is 11.6 Å². The smallest absolute Gasteiger partial charge is 0.270 e. The molecule has 0 spiro atoms. The molecule has 3 nitrogen and oxygen atoms in total. The van der Waals surface area contributed by atoms with Gasteiger partial charge in [0.05, 0.1) is 0 Å². The molecule has 0 radical (unpaired) electrons. The lowest BCUT2D eigenvalue weighted by molar-refractivity contribution is 0.0653. The van der Waals surface area contributed by atoms with Gasteiger partial charge in [0, 0.05) is 36.1 Å². The molecule has 4 rings (SSSR count). The number of likely N-dealkylation sites (tertiary alicyclic amines) is 1. The number of carbonyl (C=O) groups is 1. The van der Waals surface area contributed by atoms with Crippen LogP contribution in [0.4, 0.5) is 0 Å². The predicted octanol–water partition coefficient (Wildman–Crippen LogP) is 5.72. The minimum absolute atomic E-state index is 0.115. The third-order valence-corrected chi connectivity index (χ3v) is 6.86. The lowest BCUT2D eigenvalue weighted by Gasteiger charge is -2.42. The highest BCUT2D eigenvalue weighted by Gasteiger charge is 2.37. The highest BCUT2D eigenvalue weighted by atomic mass is 35.5. The number of hydrogen-bond acceptors (Lipinski definition) is 1. The molecule has 1 aromatic heterocycles. The van der Waals surface area contributed by atoms with E-state index in [2.05, 4.69) is 38.1 Å². The first-order valence-electron chi connectivity index (χ1n) is 10.1. The number of aryl methyl sites for hydroxylation is 2. The zero-order valence-electron chi connectivity index (χ0n) is 16.8. The van der Waals surface area contributed by atoms with Gasteiger partial charge in [-0.15, -0.1) is 0 Å². The fourth-order valence-corrected chi connectivity index (χ4v) is 4.99. The summed E-state index contributed by atoms with van der Waals surface area (Å²) in [5, 5.41) is 1.71. The van der Waals surface area contributed by atoms with Crippen molar-refractivity contribution in [3.05, 3.63) is 70.4 Å². The molecule has 3 aromatic rings. The second-order valence-corrected chi connectivity index (χ2v) is 8.47. The van der Waals surface area contributed by atoms with E-state index in [0.29, 0.717) is 5.02 Å². The summed E-state index contributed by atoms with van der Waals surface area (Å²) >= 11 is 6.12. The van der Waals surface area contributed by atoms with Crippen LogP contribution in [0.1, 0.15) is 47.8 Å². The number of aromatic nitrogens is 1. The monoisotopic (exact) mass is 394 g/mol. The maximum Gasteiger partial charge on any atom is 0.270 e. The fraction of sp³-hybridized carbons (Fsp3) is 0.375. The molecular weight excluding hydrogens is 368 g/mol. The molecule has 146 valence electrons. The summed E-state index contributed by atoms with van der Waals surface area (Å²) in [4.78, 5) is 15.3. The Kier molecular flexibility index (Phi) is 4.96. The molecule has 2 aromatic carbocycles. The summed E-state index contributed by atoms with van der Waals surface area (Å²) in [5.41, 5.74) is 4.75. The van der Waals surface area contributed by atoms with Gasteiger partial charge in [-0.05, 0) is 67.0 Å². The summed E-state index contributed by atoms with van der Waals surface area (Å²) in [7, 11) is 1.96. The average Bonchev–Trinajstić information content (AvgIpc) is 3.03. The third kappa shape index (κ3) is 3.12. The highest BCUT2D eigenvalue weighted by Crippen LogP contribution is 2.40. The zero-order valence-corrected chi connectivity index (χ0v) is 17.6. The summed E-state index contributed by atoms with van der Waals surface area (Å²) in [6.07, 6.45) is 3.12. The molecular formula is C24H27ClN2O. The maximum atomic E-state index is 13.3. The lowest BCUT2D eigenvalue weighted by atomic mass is 9.69. The molecule has 4 heteroatoms. The molecule has 1 fully saturated rings. The van der Waals surface area contributed by atoms with Crippen molar-refractivity contribution in [2.75, 3.05) is 13.1 Å². The van der Waals surface area contributed by atoms with Crippen LogP contribution < -0.4 is 0 Å². The Bertz CT molecular complexity index is 1030. The number of piperidine rings is 1. The van der Waals surface area contributed by atoms with E-state index in [1.54, 1.807) is 0 Å². The topological polar surface area (TPSA) is 25.2 Å². The van der Waals surface area contributed by atoms with Crippen LogP contribution in [0.2, 0.25) is 5.02 Å². The zero-order chi connectivity index (χ0) is 19.9. The van der Waals surface area contributed by atoms with Crippen molar-refractivity contribution >= 4 is 28.4 Å². The molecule has 0 aliphatic carbocycles. The van der Waals surface area contributed by atoms with Crippen LogP contribution in [0.15, 0.2) is 48.5 Å². The number of halogens is 1. The molecule has 0 bridgehead atoms. The van der Waals surface area contributed by atoms with Crippen LogP contribution in [0.5, 0.6) is 0 Å². The van der Waals surface area contributed by atoms with E-state index >= 15 is 0 Å². The van der Waals surface area contributed by atoms with Crippen LogP contribution in [-0.2, 0) is 12.5 Å². The summed E-state index contributed by atoms with van der Waals surface area (Å²) in [6.45, 7) is 6.06. The number of nitrogens with zero attached hydrogens (tertiary/aromatic N) is 2. The van der Waals surface area contributed by atoms with Gasteiger partial charge in [0.15, 0.2) is 0 Å². The Morgan fingerprint density at radius 1 is 1.11 bits per heavy atom. The number of carbonyl (C=O) groups excluding carboxylic acids is 1. The predicted molar refractivity (Wildman–Crippen MR) is 116 cm³/mol. The van der Waals surface area contributed by atoms with Gasteiger partial charge in [0.2, 0.25) is 0 Å². The summed E-state index contributed by atoms with van der Waals surface area (Å²) < 4.78 is 1.98. The Morgan fingerprint density at radius 2 is 1.82 bits per heavy atom. The fourth-order valence-electron chi connectivity index (χ4n) is 4.81. The Hall–Kier alpha value is -2.26. The second kappa shape index (κ2) is 7.29. The SMILES string of the molecule is CCC1(c2ccccc2C)CCN(C(=O)c2cc3cc(Cl)ccc3n2C)CC1. The van der Waals surface area contributed by atoms with Crippen LogP contribution in [0.3, 0.4) is 0 Å². The first-order chi connectivity index (χ1) is 13.4. The van der Waals surface area contributed by atoms with Crippen molar-refractivity contribution in [3.63, 3.8) is 0 Å². The normalized spacial score (nSPS) is 16.5. The third-order valence-electron chi connectivity index (χ3n) is 6.62. The van der Waals surface area contributed by atoms with E-state index in [9.17, 15) is 4.79 Å². The van der Waals surface area contributed by atoms with E-state index in [0.717, 1.165) is 48.9 Å². The van der Waals surface area contributed by atoms with E-state index in [1.165, 1.54) is 11.1 Å². The number of amides is 1. The largest absolute Gasteiger partial charge is 0.340 e. The van der Waals surface area contributed by atoms with Gasteiger partial charge in [-0.2, -0.15) is 0 Å². The number of rotatable bonds is 3. The van der Waals surface area contributed by atoms with Crippen molar-refractivity contribution in [1.29, 1.82) is 0 Å². The first kappa shape index (κ1) is 19.1. The second-order valence-electron chi connectivity index (χ2n) is 8.03. The quantitative estimate of drug-likeness (QED) is 0.557. The van der Waals surface area contributed by atoms with Crippen molar-refractivity contribution in [1.82, 2.24) is 9.47 Å². The minimum Gasteiger partial charge on any atom is -0.340 e. The maximum absolute atomic E-state index is 13.3. The van der Waals surface area contributed by atoms with Gasteiger partial charge in [-0.25, -0.2) is 0 Å². The summed E-state index contributed by atoms with van der Waals surface area (Å²) in [5.74, 6) is 0.115. The van der Waals surface area contributed by atoms with Crippen LogP contribution >= 0.6 is 11.6 Å². The van der Waals surface area contributed by atoms with Gasteiger partial charge in [-0.3, -0.25) is 4.79 Å². The van der Waals surface area contributed by atoms with Crippen molar-refractivity contribution < 1.29 is 4.79 Å². The minimum atomic E-state index is 0.115. The Morgan fingerprint density at radius 3 is 2.50 bits per heavy atom. The molecule has 2 heterocycles. The highest BCUT2D eigenvalue weighted by molar-refractivity contribution is 6.31. The summed E-state index contributed by atoms with van der Waals surface area (Å²) in [6, 6.07) is 16.4. The van der Waals surface area contributed by atoms with Gasteiger partial charge < -0.3 is 9.47 Å². The average molecular weight is 395 g/mol. The van der Waals surface area contributed by atoms with E-state index in [-0.39, 0.29) is 11.3 Å². The number of fused-ring (bicyclic) bond motifs is 1. The van der Waals surface area contributed by atoms with Gasteiger partial charge in [-0.1, -0.05) is 42.8 Å². The van der Waals surface area contributed by atoms with Crippen molar-refractivity contribution in [2.45, 2.75) is 38.5 Å².